The van der Waals surface area contributed by atoms with E-state index in [4.69, 9.17) is 16.3 Å². The summed E-state index contributed by atoms with van der Waals surface area (Å²) in [6, 6.07) is 15.2. The van der Waals surface area contributed by atoms with Gasteiger partial charge in [0, 0.05) is 24.2 Å². The Bertz CT molecular complexity index is 847. The van der Waals surface area contributed by atoms with E-state index in [-0.39, 0.29) is 5.91 Å². The zero-order chi connectivity index (χ0) is 18.5. The predicted octanol–water partition coefficient (Wildman–Crippen LogP) is 3.87. The number of hydrogen-bond donors (Lipinski definition) is 0. The molecule has 0 aromatic heterocycles. The van der Waals surface area contributed by atoms with Crippen LogP contribution in [0.15, 0.2) is 54.6 Å². The second-order valence-corrected chi connectivity index (χ2v) is 6.68. The van der Waals surface area contributed by atoms with Crippen LogP contribution in [0.2, 0.25) is 5.02 Å². The van der Waals surface area contributed by atoms with Crippen molar-refractivity contribution in [2.45, 2.75) is 26.0 Å². The Morgan fingerprint density at radius 1 is 1.15 bits per heavy atom. The van der Waals surface area contributed by atoms with Crippen LogP contribution in [0, 0.1) is 0 Å². The van der Waals surface area contributed by atoms with Gasteiger partial charge in [0.25, 0.3) is 5.91 Å². The molecule has 134 valence electrons. The summed E-state index contributed by atoms with van der Waals surface area (Å²) in [5, 5.41) is 0.592. The van der Waals surface area contributed by atoms with Gasteiger partial charge in [-0.05, 0) is 48.2 Å². The Kier molecular flexibility index (Phi) is 5.74. The van der Waals surface area contributed by atoms with Gasteiger partial charge >= 0.3 is 5.97 Å². The average Bonchev–Trinajstić information content (AvgIpc) is 2.65. The van der Waals surface area contributed by atoms with Crippen LogP contribution in [0.4, 0.5) is 0 Å². The molecule has 1 atom stereocenters. The normalized spacial score (nSPS) is 14.8. The number of fused-ring (bicyclic) bond motifs is 1. The van der Waals surface area contributed by atoms with Gasteiger partial charge in [-0.2, -0.15) is 0 Å². The summed E-state index contributed by atoms with van der Waals surface area (Å²) in [7, 11) is 0. The fraction of sp³-hybridized carbons (Fsp3) is 0.238. The van der Waals surface area contributed by atoms with Crippen molar-refractivity contribution in [2.75, 3.05) is 6.54 Å². The predicted molar refractivity (Wildman–Crippen MR) is 102 cm³/mol. The third kappa shape index (κ3) is 4.52. The lowest BCUT2D eigenvalue weighted by Crippen LogP contribution is -2.42. The highest BCUT2D eigenvalue weighted by Gasteiger charge is 2.26. The molecule has 5 heteroatoms. The van der Waals surface area contributed by atoms with Gasteiger partial charge in [-0.15, -0.1) is 0 Å². The molecule has 2 aromatic rings. The Morgan fingerprint density at radius 3 is 2.69 bits per heavy atom. The first-order valence-corrected chi connectivity index (χ1v) is 8.90. The first-order valence-electron chi connectivity index (χ1n) is 8.53. The maximum absolute atomic E-state index is 12.6. The van der Waals surface area contributed by atoms with Gasteiger partial charge in [0.15, 0.2) is 6.10 Å². The fourth-order valence-electron chi connectivity index (χ4n) is 2.98. The molecule has 26 heavy (non-hydrogen) atoms. The summed E-state index contributed by atoms with van der Waals surface area (Å²) < 4.78 is 5.26. The standard InChI is InChI=1S/C21H20ClNO3/c1-15(26-20(24)10-9-16-5-4-8-19(22)13-16)21(25)23-12-11-17-6-2-3-7-18(17)14-23/h2-10,13,15H,11-12,14H2,1H3/b10-9+/t15-/m1/s1. The number of hydrogen-bond acceptors (Lipinski definition) is 3. The molecular weight excluding hydrogens is 350 g/mol. The molecule has 0 saturated heterocycles. The molecule has 1 aliphatic rings. The van der Waals surface area contributed by atoms with E-state index >= 15 is 0 Å². The van der Waals surface area contributed by atoms with Crippen LogP contribution in [0.1, 0.15) is 23.6 Å². The Labute approximate surface area is 158 Å². The van der Waals surface area contributed by atoms with Crippen LogP contribution in [-0.2, 0) is 27.3 Å². The van der Waals surface area contributed by atoms with Crippen molar-refractivity contribution in [1.82, 2.24) is 4.90 Å². The van der Waals surface area contributed by atoms with E-state index in [0.29, 0.717) is 18.1 Å². The summed E-state index contributed by atoms with van der Waals surface area (Å²) in [6.07, 6.45) is 2.91. The third-order valence-electron chi connectivity index (χ3n) is 4.34. The fourth-order valence-corrected chi connectivity index (χ4v) is 3.18. The van der Waals surface area contributed by atoms with E-state index < -0.39 is 12.1 Å². The summed E-state index contributed by atoms with van der Waals surface area (Å²) >= 11 is 5.91. The van der Waals surface area contributed by atoms with E-state index in [1.807, 2.05) is 24.3 Å². The Morgan fingerprint density at radius 2 is 1.92 bits per heavy atom. The molecule has 3 rings (SSSR count). The third-order valence-corrected chi connectivity index (χ3v) is 4.58. The van der Waals surface area contributed by atoms with Gasteiger partial charge in [0.1, 0.15) is 0 Å². The van der Waals surface area contributed by atoms with Crippen molar-refractivity contribution in [3.05, 3.63) is 76.3 Å². The van der Waals surface area contributed by atoms with Gasteiger partial charge in [-0.3, -0.25) is 4.79 Å². The highest BCUT2D eigenvalue weighted by molar-refractivity contribution is 6.30. The molecular formula is C21H20ClNO3. The average molecular weight is 370 g/mol. The molecule has 0 bridgehead atoms. The maximum atomic E-state index is 12.6. The van der Waals surface area contributed by atoms with Gasteiger partial charge < -0.3 is 9.64 Å². The minimum Gasteiger partial charge on any atom is -0.449 e. The van der Waals surface area contributed by atoms with Crippen molar-refractivity contribution in [3.8, 4) is 0 Å². The molecule has 0 saturated carbocycles. The number of halogens is 1. The van der Waals surface area contributed by atoms with Crippen LogP contribution < -0.4 is 0 Å². The molecule has 2 aromatic carbocycles. The monoisotopic (exact) mass is 369 g/mol. The van der Waals surface area contributed by atoms with Crippen molar-refractivity contribution < 1.29 is 14.3 Å². The second-order valence-electron chi connectivity index (χ2n) is 6.25. The summed E-state index contributed by atoms with van der Waals surface area (Å²) in [6.45, 7) is 2.79. The largest absolute Gasteiger partial charge is 0.449 e. The van der Waals surface area contributed by atoms with E-state index in [1.165, 1.54) is 11.6 Å². The van der Waals surface area contributed by atoms with Crippen LogP contribution in [0.25, 0.3) is 6.08 Å². The first-order chi connectivity index (χ1) is 12.5. The number of carbonyl (C=O) groups excluding carboxylic acids is 2. The van der Waals surface area contributed by atoms with Gasteiger partial charge in [-0.25, -0.2) is 4.79 Å². The van der Waals surface area contributed by atoms with Crippen molar-refractivity contribution in [1.29, 1.82) is 0 Å². The molecule has 0 radical (unpaired) electrons. The first kappa shape index (κ1) is 18.2. The topological polar surface area (TPSA) is 46.6 Å². The lowest BCUT2D eigenvalue weighted by molar-refractivity contribution is -0.155. The van der Waals surface area contributed by atoms with E-state index in [0.717, 1.165) is 17.5 Å². The van der Waals surface area contributed by atoms with Gasteiger partial charge in [0.2, 0.25) is 0 Å². The van der Waals surface area contributed by atoms with Crippen molar-refractivity contribution in [2.24, 2.45) is 0 Å². The summed E-state index contributed by atoms with van der Waals surface area (Å²) in [5.41, 5.74) is 3.21. The summed E-state index contributed by atoms with van der Waals surface area (Å²) in [4.78, 5) is 26.3. The second kappa shape index (κ2) is 8.19. The smallest absolute Gasteiger partial charge is 0.331 e. The molecule has 1 aliphatic heterocycles. The number of benzene rings is 2. The van der Waals surface area contributed by atoms with Gasteiger partial charge in [-0.1, -0.05) is 48.0 Å². The highest BCUT2D eigenvalue weighted by atomic mass is 35.5. The molecule has 1 amide bonds. The minimum atomic E-state index is -0.822. The number of amides is 1. The maximum Gasteiger partial charge on any atom is 0.331 e. The lowest BCUT2D eigenvalue weighted by atomic mass is 9.99. The van der Waals surface area contributed by atoms with Crippen LogP contribution in [0.5, 0.6) is 0 Å². The zero-order valence-corrected chi connectivity index (χ0v) is 15.3. The molecule has 0 spiro atoms. The number of nitrogens with zero attached hydrogens (tertiary/aromatic N) is 1. The Hall–Kier alpha value is -2.59. The quantitative estimate of drug-likeness (QED) is 0.607. The van der Waals surface area contributed by atoms with Crippen LogP contribution >= 0.6 is 11.6 Å². The Balaban J connectivity index is 1.56. The van der Waals surface area contributed by atoms with Gasteiger partial charge in [0.05, 0.1) is 0 Å². The van der Waals surface area contributed by atoms with Crippen molar-refractivity contribution >= 4 is 29.6 Å². The number of ether oxygens (including phenoxy) is 1. The SMILES string of the molecule is C[C@@H](OC(=O)/C=C/c1cccc(Cl)c1)C(=O)N1CCc2ccccc2C1. The van der Waals surface area contributed by atoms with Crippen LogP contribution in [0.3, 0.4) is 0 Å². The lowest BCUT2D eigenvalue weighted by Gasteiger charge is -2.30. The molecule has 0 N–H and O–H groups in total. The summed E-state index contributed by atoms with van der Waals surface area (Å²) in [5.74, 6) is -0.729. The van der Waals surface area contributed by atoms with Crippen LogP contribution in [-0.4, -0.2) is 29.4 Å². The number of carbonyl (C=O) groups is 2. The zero-order valence-electron chi connectivity index (χ0n) is 14.5. The number of rotatable bonds is 4. The highest BCUT2D eigenvalue weighted by Crippen LogP contribution is 2.19. The van der Waals surface area contributed by atoms with E-state index in [2.05, 4.69) is 6.07 Å². The minimum absolute atomic E-state index is 0.177. The van der Waals surface area contributed by atoms with E-state index in [9.17, 15) is 9.59 Å². The molecule has 0 aliphatic carbocycles. The van der Waals surface area contributed by atoms with Crippen molar-refractivity contribution in [3.63, 3.8) is 0 Å². The van der Waals surface area contributed by atoms with E-state index in [1.54, 1.807) is 36.1 Å². The molecule has 0 unspecified atom stereocenters. The molecule has 0 fully saturated rings. The molecule has 1 heterocycles. The molecule has 4 nitrogen and oxygen atoms in total. The number of esters is 1.